The standard InChI is InChI=1S/C21H19ClN4O2/c1-13-7-15(10-23-9-13)19(27)8-16-11-24-26-14(2)12-25(21(28)20(16)26)18-5-3-17(22)4-6-18/h3-7,9-11,14H,8,12H2,1-2H3/t14-/m0/s1. The van der Waals surface area contributed by atoms with E-state index in [4.69, 9.17) is 11.6 Å². The topological polar surface area (TPSA) is 68.1 Å². The predicted molar refractivity (Wildman–Crippen MR) is 107 cm³/mol. The summed E-state index contributed by atoms with van der Waals surface area (Å²) in [6.45, 7) is 4.40. The zero-order chi connectivity index (χ0) is 19.8. The highest BCUT2D eigenvalue weighted by atomic mass is 35.5. The van der Waals surface area contributed by atoms with E-state index in [0.29, 0.717) is 28.4 Å². The second kappa shape index (κ2) is 7.20. The predicted octanol–water partition coefficient (Wildman–Crippen LogP) is 3.89. The molecule has 0 saturated carbocycles. The summed E-state index contributed by atoms with van der Waals surface area (Å²) in [4.78, 5) is 31.7. The third-order valence-corrected chi connectivity index (χ3v) is 5.12. The fourth-order valence-corrected chi connectivity index (χ4v) is 3.60. The minimum atomic E-state index is -0.164. The van der Waals surface area contributed by atoms with E-state index in [0.717, 1.165) is 11.3 Å². The zero-order valence-corrected chi connectivity index (χ0v) is 16.3. The minimum absolute atomic E-state index is 0.00661. The largest absolute Gasteiger partial charge is 0.305 e. The van der Waals surface area contributed by atoms with Crippen molar-refractivity contribution in [2.24, 2.45) is 0 Å². The molecule has 142 valence electrons. The van der Waals surface area contributed by atoms with Crippen LogP contribution in [-0.4, -0.2) is 33.0 Å². The fraction of sp³-hybridized carbons (Fsp3) is 0.238. The Morgan fingerprint density at radius 3 is 2.68 bits per heavy atom. The summed E-state index contributed by atoms with van der Waals surface area (Å²) in [5.74, 6) is -0.251. The van der Waals surface area contributed by atoms with Gasteiger partial charge in [-0.25, -0.2) is 0 Å². The van der Waals surface area contributed by atoms with Crippen LogP contribution in [0.3, 0.4) is 0 Å². The summed E-state index contributed by atoms with van der Waals surface area (Å²) >= 11 is 5.97. The number of amides is 1. The monoisotopic (exact) mass is 394 g/mol. The SMILES string of the molecule is Cc1cncc(C(=O)Cc2cnn3c2C(=O)N(c2ccc(Cl)cc2)C[C@@H]3C)c1. The van der Waals surface area contributed by atoms with Crippen molar-refractivity contribution < 1.29 is 9.59 Å². The van der Waals surface area contributed by atoms with Crippen molar-refractivity contribution in [3.63, 3.8) is 0 Å². The number of benzene rings is 1. The van der Waals surface area contributed by atoms with Gasteiger partial charge in [-0.3, -0.25) is 19.3 Å². The van der Waals surface area contributed by atoms with Crippen LogP contribution in [0.15, 0.2) is 48.9 Å². The van der Waals surface area contributed by atoms with Gasteiger partial charge in [0.15, 0.2) is 5.78 Å². The number of anilines is 1. The first-order valence-electron chi connectivity index (χ1n) is 9.02. The van der Waals surface area contributed by atoms with Gasteiger partial charge in [0.1, 0.15) is 5.69 Å². The van der Waals surface area contributed by atoms with Crippen LogP contribution in [0, 0.1) is 6.92 Å². The van der Waals surface area contributed by atoms with Gasteiger partial charge in [-0.05, 0) is 49.7 Å². The number of rotatable bonds is 4. The van der Waals surface area contributed by atoms with E-state index in [1.54, 1.807) is 46.4 Å². The summed E-state index contributed by atoms with van der Waals surface area (Å²) in [7, 11) is 0. The van der Waals surface area contributed by atoms with Gasteiger partial charge in [0.2, 0.25) is 0 Å². The van der Waals surface area contributed by atoms with E-state index in [1.807, 2.05) is 26.0 Å². The normalized spacial score (nSPS) is 16.2. The molecule has 4 rings (SSSR count). The molecule has 0 saturated heterocycles. The van der Waals surface area contributed by atoms with E-state index in [-0.39, 0.29) is 24.2 Å². The van der Waals surface area contributed by atoms with Crippen molar-refractivity contribution in [2.75, 3.05) is 11.4 Å². The third-order valence-electron chi connectivity index (χ3n) is 4.87. The van der Waals surface area contributed by atoms with Gasteiger partial charge in [-0.1, -0.05) is 11.6 Å². The molecule has 1 aliphatic heterocycles. The number of aryl methyl sites for hydroxylation is 1. The molecule has 0 aliphatic carbocycles. The first kappa shape index (κ1) is 18.4. The summed E-state index contributed by atoms with van der Waals surface area (Å²) in [5.41, 5.74) is 3.31. The van der Waals surface area contributed by atoms with E-state index in [2.05, 4.69) is 10.1 Å². The van der Waals surface area contributed by atoms with Crippen LogP contribution in [0.2, 0.25) is 5.02 Å². The minimum Gasteiger partial charge on any atom is -0.305 e. The van der Waals surface area contributed by atoms with Crippen molar-refractivity contribution >= 4 is 29.0 Å². The Bertz CT molecular complexity index is 1060. The number of halogens is 1. The lowest BCUT2D eigenvalue weighted by Gasteiger charge is -2.32. The average molecular weight is 395 g/mol. The number of pyridine rings is 1. The lowest BCUT2D eigenvalue weighted by Crippen LogP contribution is -2.43. The molecule has 0 fully saturated rings. The molecule has 1 aromatic carbocycles. The summed E-state index contributed by atoms with van der Waals surface area (Å²) in [5, 5.41) is 4.99. The average Bonchev–Trinajstić information content (AvgIpc) is 3.10. The Hall–Kier alpha value is -2.99. The Kier molecular flexibility index (Phi) is 4.73. The van der Waals surface area contributed by atoms with Crippen molar-refractivity contribution in [3.8, 4) is 0 Å². The Labute approximate surface area is 167 Å². The Morgan fingerprint density at radius 2 is 1.96 bits per heavy atom. The van der Waals surface area contributed by atoms with Gasteiger partial charge >= 0.3 is 0 Å². The van der Waals surface area contributed by atoms with Gasteiger partial charge in [0, 0.05) is 47.2 Å². The molecule has 6 nitrogen and oxygen atoms in total. The van der Waals surface area contributed by atoms with Crippen LogP contribution < -0.4 is 4.90 Å². The van der Waals surface area contributed by atoms with Crippen molar-refractivity contribution in [3.05, 3.63) is 76.3 Å². The molecule has 1 aliphatic rings. The number of hydrogen-bond acceptors (Lipinski definition) is 4. The molecule has 2 aromatic heterocycles. The third kappa shape index (κ3) is 3.31. The Morgan fingerprint density at radius 1 is 1.21 bits per heavy atom. The molecule has 1 amide bonds. The van der Waals surface area contributed by atoms with Crippen LogP contribution >= 0.6 is 11.6 Å². The summed E-state index contributed by atoms with van der Waals surface area (Å²) in [6.07, 6.45) is 4.98. The lowest BCUT2D eigenvalue weighted by molar-refractivity contribution is 0.0951. The highest BCUT2D eigenvalue weighted by molar-refractivity contribution is 6.30. The number of aromatic nitrogens is 3. The molecular weight excluding hydrogens is 376 g/mol. The van der Waals surface area contributed by atoms with Gasteiger partial charge in [0.05, 0.1) is 12.2 Å². The number of ketones is 1. The van der Waals surface area contributed by atoms with Crippen LogP contribution in [0.1, 0.15) is 44.9 Å². The number of carbonyl (C=O) groups excluding carboxylic acids is 2. The highest BCUT2D eigenvalue weighted by Gasteiger charge is 2.33. The molecule has 7 heteroatoms. The summed E-state index contributed by atoms with van der Waals surface area (Å²) < 4.78 is 1.71. The van der Waals surface area contributed by atoms with E-state index >= 15 is 0 Å². The summed E-state index contributed by atoms with van der Waals surface area (Å²) in [6, 6.07) is 8.96. The first-order valence-corrected chi connectivity index (χ1v) is 9.40. The molecule has 0 unspecified atom stereocenters. The number of hydrogen-bond donors (Lipinski definition) is 0. The quantitative estimate of drug-likeness (QED) is 0.629. The van der Waals surface area contributed by atoms with Crippen molar-refractivity contribution in [1.29, 1.82) is 0 Å². The molecule has 0 spiro atoms. The molecular formula is C21H19ClN4O2. The molecule has 1 atom stereocenters. The Balaban J connectivity index is 1.66. The molecule has 3 aromatic rings. The maximum absolute atomic E-state index is 13.2. The lowest BCUT2D eigenvalue weighted by atomic mass is 10.0. The maximum Gasteiger partial charge on any atom is 0.276 e. The van der Waals surface area contributed by atoms with Gasteiger partial charge in [-0.15, -0.1) is 0 Å². The first-order chi connectivity index (χ1) is 13.4. The molecule has 0 bridgehead atoms. The van der Waals surface area contributed by atoms with E-state index in [9.17, 15) is 9.59 Å². The number of fused-ring (bicyclic) bond motifs is 1. The van der Waals surface area contributed by atoms with Gasteiger partial charge in [-0.2, -0.15) is 5.10 Å². The second-order valence-electron chi connectivity index (χ2n) is 7.06. The zero-order valence-electron chi connectivity index (χ0n) is 15.6. The fourth-order valence-electron chi connectivity index (χ4n) is 3.48. The molecule has 0 radical (unpaired) electrons. The van der Waals surface area contributed by atoms with Gasteiger partial charge < -0.3 is 4.90 Å². The smallest absolute Gasteiger partial charge is 0.276 e. The van der Waals surface area contributed by atoms with Crippen LogP contribution in [0.4, 0.5) is 5.69 Å². The van der Waals surface area contributed by atoms with E-state index < -0.39 is 0 Å². The van der Waals surface area contributed by atoms with E-state index in [1.165, 1.54) is 0 Å². The molecule has 0 N–H and O–H groups in total. The molecule has 28 heavy (non-hydrogen) atoms. The highest BCUT2D eigenvalue weighted by Crippen LogP contribution is 2.29. The molecule has 3 heterocycles. The van der Waals surface area contributed by atoms with Crippen LogP contribution in [-0.2, 0) is 6.42 Å². The number of Topliss-reactive ketones (excluding diaryl/α,β-unsaturated/α-hetero) is 1. The number of nitrogens with zero attached hydrogens (tertiary/aromatic N) is 4. The maximum atomic E-state index is 13.2. The van der Waals surface area contributed by atoms with Crippen molar-refractivity contribution in [2.45, 2.75) is 26.3 Å². The van der Waals surface area contributed by atoms with Crippen LogP contribution in [0.5, 0.6) is 0 Å². The van der Waals surface area contributed by atoms with Crippen LogP contribution in [0.25, 0.3) is 0 Å². The second-order valence-corrected chi connectivity index (χ2v) is 7.49. The van der Waals surface area contributed by atoms with Gasteiger partial charge in [0.25, 0.3) is 5.91 Å². The number of carbonyl (C=O) groups is 2. The van der Waals surface area contributed by atoms with Crippen molar-refractivity contribution in [1.82, 2.24) is 14.8 Å².